The van der Waals surface area contributed by atoms with Crippen LogP contribution in [0.25, 0.3) is 0 Å². The minimum absolute atomic E-state index is 0.0529. The third kappa shape index (κ3) is 4.54. The normalized spacial score (nSPS) is 21.2. The van der Waals surface area contributed by atoms with Crippen LogP contribution in [-0.2, 0) is 19.6 Å². The molecule has 0 bridgehead atoms. The average molecular weight is 386 g/mol. The molecule has 0 atom stereocenters. The lowest BCUT2D eigenvalue weighted by molar-refractivity contribution is -0.156. The van der Waals surface area contributed by atoms with Crippen LogP contribution < -0.4 is 0 Å². The molecule has 0 spiro atoms. The van der Waals surface area contributed by atoms with E-state index in [2.05, 4.69) is 0 Å². The van der Waals surface area contributed by atoms with Gasteiger partial charge in [-0.1, -0.05) is 18.0 Å². The van der Waals surface area contributed by atoms with Gasteiger partial charge in [-0.05, 0) is 62.8 Å². The van der Waals surface area contributed by atoms with Crippen molar-refractivity contribution in [3.05, 3.63) is 29.3 Å². The van der Waals surface area contributed by atoms with E-state index in [9.17, 15) is 13.2 Å². The fourth-order valence-electron chi connectivity index (χ4n) is 3.53. The number of hydrogen-bond acceptors (Lipinski definition) is 4. The number of rotatable bonds is 4. The summed E-state index contributed by atoms with van der Waals surface area (Å²) in [5.41, 5.74) is 0. The maximum atomic E-state index is 12.7. The molecular weight excluding hydrogens is 362 g/mol. The van der Waals surface area contributed by atoms with Crippen LogP contribution in [0.15, 0.2) is 29.2 Å². The van der Waals surface area contributed by atoms with Gasteiger partial charge in [0, 0.05) is 18.1 Å². The highest BCUT2D eigenvalue weighted by molar-refractivity contribution is 7.89. The molecule has 1 saturated heterocycles. The summed E-state index contributed by atoms with van der Waals surface area (Å²) in [5.74, 6) is -0.353. The average Bonchev–Trinajstić information content (AvgIpc) is 2.63. The molecule has 1 saturated carbocycles. The van der Waals surface area contributed by atoms with Crippen molar-refractivity contribution < 1.29 is 17.9 Å². The lowest BCUT2D eigenvalue weighted by Gasteiger charge is -2.31. The number of carbonyl (C=O) groups is 1. The van der Waals surface area contributed by atoms with E-state index in [4.69, 9.17) is 16.3 Å². The Morgan fingerprint density at radius 2 is 1.60 bits per heavy atom. The Morgan fingerprint density at radius 3 is 2.20 bits per heavy atom. The van der Waals surface area contributed by atoms with Crippen LogP contribution in [0.4, 0.5) is 0 Å². The molecule has 0 radical (unpaired) electrons. The van der Waals surface area contributed by atoms with Crippen LogP contribution in [0.3, 0.4) is 0 Å². The van der Waals surface area contributed by atoms with Crippen LogP contribution in [0.5, 0.6) is 0 Å². The summed E-state index contributed by atoms with van der Waals surface area (Å²) in [4.78, 5) is 12.6. The summed E-state index contributed by atoms with van der Waals surface area (Å²) in [6, 6.07) is 6.17. The molecule has 1 aliphatic heterocycles. The Morgan fingerprint density at radius 1 is 1.00 bits per heavy atom. The monoisotopic (exact) mass is 385 g/mol. The standard InChI is InChI=1S/C18H24ClNO4S/c19-15-6-8-17(9-7-15)25(22,23)20-12-10-14(11-13-20)18(21)24-16-4-2-1-3-5-16/h6-9,14,16H,1-5,10-13H2. The zero-order valence-corrected chi connectivity index (χ0v) is 15.8. The molecule has 2 aliphatic rings. The van der Waals surface area contributed by atoms with E-state index in [1.807, 2.05) is 0 Å². The number of ether oxygens (including phenoxy) is 1. The quantitative estimate of drug-likeness (QED) is 0.742. The number of benzene rings is 1. The van der Waals surface area contributed by atoms with Crippen molar-refractivity contribution in [2.45, 2.75) is 55.9 Å². The van der Waals surface area contributed by atoms with Crippen molar-refractivity contribution in [3.8, 4) is 0 Å². The zero-order valence-electron chi connectivity index (χ0n) is 14.2. The fraction of sp³-hybridized carbons (Fsp3) is 0.611. The molecule has 0 aromatic heterocycles. The van der Waals surface area contributed by atoms with Crippen molar-refractivity contribution in [1.82, 2.24) is 4.31 Å². The Hall–Kier alpha value is -1.11. The van der Waals surface area contributed by atoms with E-state index in [0.29, 0.717) is 31.0 Å². The van der Waals surface area contributed by atoms with Gasteiger partial charge < -0.3 is 4.74 Å². The predicted molar refractivity (Wildman–Crippen MR) is 95.9 cm³/mol. The number of sulfonamides is 1. The first-order valence-electron chi connectivity index (χ1n) is 8.93. The Kier molecular flexibility index (Phi) is 6.02. The van der Waals surface area contributed by atoms with Gasteiger partial charge in [0.25, 0.3) is 0 Å². The molecule has 0 unspecified atom stereocenters. The molecule has 0 amide bonds. The number of hydrogen-bond donors (Lipinski definition) is 0. The highest BCUT2D eigenvalue weighted by atomic mass is 35.5. The van der Waals surface area contributed by atoms with Crippen LogP contribution in [0.2, 0.25) is 5.02 Å². The van der Waals surface area contributed by atoms with Crippen molar-refractivity contribution in [1.29, 1.82) is 0 Å². The van der Waals surface area contributed by atoms with Gasteiger partial charge in [0.05, 0.1) is 10.8 Å². The van der Waals surface area contributed by atoms with E-state index in [0.717, 1.165) is 25.7 Å². The largest absolute Gasteiger partial charge is 0.462 e. The molecule has 7 heteroatoms. The number of esters is 1. The van der Waals surface area contributed by atoms with Gasteiger partial charge in [-0.25, -0.2) is 8.42 Å². The topological polar surface area (TPSA) is 63.7 Å². The lowest BCUT2D eigenvalue weighted by Crippen LogP contribution is -2.41. The first-order valence-corrected chi connectivity index (χ1v) is 10.7. The second kappa shape index (κ2) is 8.06. The maximum absolute atomic E-state index is 12.7. The first kappa shape index (κ1) is 18.7. The third-order valence-corrected chi connectivity index (χ3v) is 7.24. The maximum Gasteiger partial charge on any atom is 0.309 e. The van der Waals surface area contributed by atoms with Crippen molar-refractivity contribution >= 4 is 27.6 Å². The van der Waals surface area contributed by atoms with Crippen molar-refractivity contribution in [3.63, 3.8) is 0 Å². The van der Waals surface area contributed by atoms with E-state index in [-0.39, 0.29) is 22.9 Å². The van der Waals surface area contributed by atoms with Gasteiger partial charge in [-0.15, -0.1) is 0 Å². The molecule has 25 heavy (non-hydrogen) atoms. The summed E-state index contributed by atoms with van der Waals surface area (Å²) in [6.07, 6.45) is 6.44. The highest BCUT2D eigenvalue weighted by Crippen LogP contribution is 2.27. The molecule has 3 rings (SSSR count). The van der Waals surface area contributed by atoms with Crippen molar-refractivity contribution in [2.24, 2.45) is 5.92 Å². The van der Waals surface area contributed by atoms with Gasteiger partial charge in [0.1, 0.15) is 6.10 Å². The molecule has 138 valence electrons. The molecule has 1 heterocycles. The van der Waals surface area contributed by atoms with E-state index < -0.39 is 10.0 Å². The van der Waals surface area contributed by atoms with Gasteiger partial charge in [0.2, 0.25) is 10.0 Å². The second-order valence-electron chi connectivity index (χ2n) is 6.83. The minimum Gasteiger partial charge on any atom is -0.462 e. The number of nitrogens with zero attached hydrogens (tertiary/aromatic N) is 1. The summed E-state index contributed by atoms with van der Waals surface area (Å²) in [7, 11) is -3.53. The summed E-state index contributed by atoms with van der Waals surface area (Å²) in [5, 5.41) is 0.503. The second-order valence-corrected chi connectivity index (χ2v) is 9.20. The lowest BCUT2D eigenvalue weighted by atomic mass is 9.96. The molecule has 1 aromatic rings. The van der Waals surface area contributed by atoms with E-state index >= 15 is 0 Å². The summed E-state index contributed by atoms with van der Waals surface area (Å²) < 4.78 is 32.4. The Balaban J connectivity index is 1.55. The SMILES string of the molecule is O=C(OC1CCCCC1)C1CCN(S(=O)(=O)c2ccc(Cl)cc2)CC1. The van der Waals surface area contributed by atoms with E-state index in [1.165, 1.54) is 22.9 Å². The Labute approximate surface area is 154 Å². The Bertz CT molecular complexity index is 690. The minimum atomic E-state index is -3.53. The number of halogens is 1. The molecular formula is C18H24ClNO4S. The van der Waals surface area contributed by atoms with E-state index in [1.54, 1.807) is 12.1 Å². The van der Waals surface area contributed by atoms with Crippen LogP contribution in [0, 0.1) is 5.92 Å². The van der Waals surface area contributed by atoms with Gasteiger partial charge >= 0.3 is 5.97 Å². The number of piperidine rings is 1. The summed E-state index contributed by atoms with van der Waals surface area (Å²) >= 11 is 5.82. The molecule has 5 nitrogen and oxygen atoms in total. The predicted octanol–water partition coefficient (Wildman–Crippen LogP) is 3.62. The highest BCUT2D eigenvalue weighted by Gasteiger charge is 2.33. The van der Waals surface area contributed by atoms with Gasteiger partial charge in [0.15, 0.2) is 0 Å². The van der Waals surface area contributed by atoms with Gasteiger partial charge in [-0.2, -0.15) is 4.31 Å². The first-order chi connectivity index (χ1) is 12.0. The molecule has 2 fully saturated rings. The zero-order chi connectivity index (χ0) is 17.9. The van der Waals surface area contributed by atoms with Crippen LogP contribution >= 0.6 is 11.6 Å². The fourth-order valence-corrected chi connectivity index (χ4v) is 5.13. The van der Waals surface area contributed by atoms with Crippen molar-refractivity contribution in [2.75, 3.05) is 13.1 Å². The van der Waals surface area contributed by atoms with Gasteiger partial charge in [-0.3, -0.25) is 4.79 Å². The summed E-state index contributed by atoms with van der Waals surface area (Å²) in [6.45, 7) is 0.685. The third-order valence-electron chi connectivity index (χ3n) is 5.07. The molecule has 1 aliphatic carbocycles. The molecule has 1 aromatic carbocycles. The molecule has 0 N–H and O–H groups in total. The smallest absolute Gasteiger partial charge is 0.309 e. The van der Waals surface area contributed by atoms with Crippen LogP contribution in [-0.4, -0.2) is 37.9 Å². The number of carbonyl (C=O) groups excluding carboxylic acids is 1. The van der Waals surface area contributed by atoms with Crippen LogP contribution in [0.1, 0.15) is 44.9 Å².